The largest absolute Gasteiger partial charge is 0.393 e. The lowest BCUT2D eigenvalue weighted by atomic mass is 9.94. The summed E-state index contributed by atoms with van der Waals surface area (Å²) < 4.78 is 26.7. The first-order valence-electron chi connectivity index (χ1n) is 6.70. The molecule has 0 aliphatic heterocycles. The third kappa shape index (κ3) is 4.38. The Morgan fingerprint density at radius 1 is 1.33 bits per heavy atom. The van der Waals surface area contributed by atoms with Gasteiger partial charge in [-0.25, -0.2) is 18.1 Å². The van der Waals surface area contributed by atoms with Crippen LogP contribution in [0.25, 0.3) is 0 Å². The van der Waals surface area contributed by atoms with Crippen molar-refractivity contribution in [1.29, 1.82) is 0 Å². The number of hydrogen-bond acceptors (Lipinski definition) is 4. The molecule has 1 aromatic heterocycles. The summed E-state index contributed by atoms with van der Waals surface area (Å²) >= 11 is 0. The highest BCUT2D eigenvalue weighted by molar-refractivity contribution is 7.89. The van der Waals surface area contributed by atoms with Crippen molar-refractivity contribution in [3.05, 3.63) is 48.4 Å². The van der Waals surface area contributed by atoms with Crippen molar-refractivity contribution < 1.29 is 13.5 Å². The fourth-order valence-corrected chi connectivity index (χ4v) is 3.14. The van der Waals surface area contributed by atoms with Gasteiger partial charge in [0.25, 0.3) is 10.0 Å². The molecule has 21 heavy (non-hydrogen) atoms. The standard InChI is InChI=1S/C14H19N3O3S/c1-11(18)7-13(12-5-3-2-4-6-12)8-17-21(19,20)14-9-15-10-16-14/h2-6,9-11,13,17-18H,7-8H2,1H3,(H,15,16). The summed E-state index contributed by atoms with van der Waals surface area (Å²) in [6, 6.07) is 9.55. The molecule has 0 bridgehead atoms. The minimum Gasteiger partial charge on any atom is -0.393 e. The van der Waals surface area contributed by atoms with Crippen LogP contribution in [0.15, 0.2) is 47.9 Å². The Labute approximate surface area is 124 Å². The number of aliphatic hydroxyl groups is 1. The molecule has 0 radical (unpaired) electrons. The van der Waals surface area contributed by atoms with Gasteiger partial charge in [-0.3, -0.25) is 0 Å². The molecule has 2 atom stereocenters. The van der Waals surface area contributed by atoms with E-state index in [0.717, 1.165) is 5.56 Å². The van der Waals surface area contributed by atoms with Crippen molar-refractivity contribution in [2.75, 3.05) is 6.54 Å². The minimum atomic E-state index is -3.61. The van der Waals surface area contributed by atoms with E-state index >= 15 is 0 Å². The predicted octanol–water partition coefficient (Wildman–Crippen LogP) is 1.24. The number of rotatable bonds is 7. The van der Waals surface area contributed by atoms with Crippen molar-refractivity contribution in [3.63, 3.8) is 0 Å². The van der Waals surface area contributed by atoms with Crippen molar-refractivity contribution in [2.24, 2.45) is 0 Å². The number of hydrogen-bond donors (Lipinski definition) is 3. The molecule has 0 saturated heterocycles. The molecule has 6 nitrogen and oxygen atoms in total. The van der Waals surface area contributed by atoms with Gasteiger partial charge in [-0.2, -0.15) is 0 Å². The number of aliphatic hydroxyl groups excluding tert-OH is 1. The summed E-state index contributed by atoms with van der Waals surface area (Å²) in [6.45, 7) is 1.91. The second-order valence-electron chi connectivity index (χ2n) is 4.96. The molecule has 0 fully saturated rings. The van der Waals surface area contributed by atoms with E-state index in [1.54, 1.807) is 6.92 Å². The maximum atomic E-state index is 12.1. The van der Waals surface area contributed by atoms with Gasteiger partial charge in [0.15, 0.2) is 5.03 Å². The summed E-state index contributed by atoms with van der Waals surface area (Å²) in [5, 5.41) is 9.64. The van der Waals surface area contributed by atoms with Gasteiger partial charge in [0.1, 0.15) is 0 Å². The molecule has 0 spiro atoms. The van der Waals surface area contributed by atoms with Crippen molar-refractivity contribution >= 4 is 10.0 Å². The van der Waals surface area contributed by atoms with Crippen LogP contribution in [-0.4, -0.2) is 36.1 Å². The highest BCUT2D eigenvalue weighted by Crippen LogP contribution is 2.21. The number of benzene rings is 1. The van der Waals surface area contributed by atoms with Crippen LogP contribution in [0.2, 0.25) is 0 Å². The fraction of sp³-hybridized carbons (Fsp3) is 0.357. The first-order valence-corrected chi connectivity index (χ1v) is 8.18. The Morgan fingerprint density at radius 3 is 2.62 bits per heavy atom. The van der Waals surface area contributed by atoms with E-state index in [-0.39, 0.29) is 17.5 Å². The molecule has 7 heteroatoms. The molecule has 1 aromatic carbocycles. The Hall–Kier alpha value is -1.70. The van der Waals surface area contributed by atoms with Gasteiger partial charge < -0.3 is 10.1 Å². The van der Waals surface area contributed by atoms with Gasteiger partial charge in [-0.05, 0) is 24.8 Å². The van der Waals surface area contributed by atoms with E-state index in [9.17, 15) is 13.5 Å². The molecule has 0 saturated carbocycles. The van der Waals surface area contributed by atoms with Crippen LogP contribution in [0.5, 0.6) is 0 Å². The third-order valence-electron chi connectivity index (χ3n) is 3.18. The molecular formula is C14H19N3O3S. The van der Waals surface area contributed by atoms with Crippen molar-refractivity contribution in [1.82, 2.24) is 14.7 Å². The van der Waals surface area contributed by atoms with Crippen LogP contribution in [-0.2, 0) is 10.0 Å². The zero-order valence-corrected chi connectivity index (χ0v) is 12.5. The van der Waals surface area contributed by atoms with E-state index in [1.807, 2.05) is 30.3 Å². The van der Waals surface area contributed by atoms with E-state index in [0.29, 0.717) is 6.42 Å². The van der Waals surface area contributed by atoms with Crippen molar-refractivity contribution in [2.45, 2.75) is 30.4 Å². The number of aromatic amines is 1. The molecule has 0 aliphatic carbocycles. The monoisotopic (exact) mass is 309 g/mol. The number of aromatic nitrogens is 2. The molecule has 2 rings (SSSR count). The number of sulfonamides is 1. The second kappa shape index (κ2) is 6.84. The average molecular weight is 309 g/mol. The van der Waals surface area contributed by atoms with E-state index in [1.165, 1.54) is 12.5 Å². The summed E-state index contributed by atoms with van der Waals surface area (Å²) in [5.74, 6) is -0.0936. The maximum absolute atomic E-state index is 12.1. The Kier molecular flexibility index (Phi) is 5.11. The van der Waals surface area contributed by atoms with Gasteiger partial charge >= 0.3 is 0 Å². The number of imidazole rings is 1. The van der Waals surface area contributed by atoms with E-state index in [4.69, 9.17) is 0 Å². The fourth-order valence-electron chi connectivity index (χ4n) is 2.15. The summed E-state index contributed by atoms with van der Waals surface area (Å²) in [4.78, 5) is 6.28. The van der Waals surface area contributed by atoms with Gasteiger partial charge in [0.2, 0.25) is 0 Å². The van der Waals surface area contributed by atoms with Crippen LogP contribution >= 0.6 is 0 Å². The first-order chi connectivity index (χ1) is 9.99. The lowest BCUT2D eigenvalue weighted by molar-refractivity contribution is 0.174. The third-order valence-corrected chi connectivity index (χ3v) is 4.53. The molecule has 0 aliphatic rings. The zero-order chi connectivity index (χ0) is 15.3. The van der Waals surface area contributed by atoms with Crippen LogP contribution < -0.4 is 4.72 Å². The van der Waals surface area contributed by atoms with Crippen LogP contribution in [0.4, 0.5) is 0 Å². The van der Waals surface area contributed by atoms with E-state index < -0.39 is 16.1 Å². The quantitative estimate of drug-likeness (QED) is 0.717. The Morgan fingerprint density at radius 2 is 2.05 bits per heavy atom. The van der Waals surface area contributed by atoms with Crippen LogP contribution in [0.1, 0.15) is 24.8 Å². The van der Waals surface area contributed by atoms with Gasteiger partial charge in [-0.15, -0.1) is 0 Å². The topological polar surface area (TPSA) is 95.1 Å². The summed E-state index contributed by atoms with van der Waals surface area (Å²) in [5.41, 5.74) is 0.991. The van der Waals surface area contributed by atoms with Gasteiger partial charge in [0, 0.05) is 6.54 Å². The van der Waals surface area contributed by atoms with Crippen LogP contribution in [0.3, 0.4) is 0 Å². The van der Waals surface area contributed by atoms with Crippen LogP contribution in [0, 0.1) is 0 Å². The SMILES string of the molecule is CC(O)CC(CNS(=O)(=O)c1cnc[nH]1)c1ccccc1. The first kappa shape index (κ1) is 15.7. The highest BCUT2D eigenvalue weighted by Gasteiger charge is 2.20. The minimum absolute atomic E-state index is 0.0337. The summed E-state index contributed by atoms with van der Waals surface area (Å²) in [6.07, 6.45) is 2.55. The number of nitrogens with one attached hydrogen (secondary N) is 2. The molecule has 114 valence electrons. The normalized spacial score (nSPS) is 14.8. The number of H-pyrrole nitrogens is 1. The predicted molar refractivity (Wildman–Crippen MR) is 79.3 cm³/mol. The molecule has 2 aromatic rings. The lowest BCUT2D eigenvalue weighted by Gasteiger charge is -2.19. The van der Waals surface area contributed by atoms with Gasteiger partial charge in [0.05, 0.1) is 18.6 Å². The highest BCUT2D eigenvalue weighted by atomic mass is 32.2. The molecular weight excluding hydrogens is 290 g/mol. The Balaban J connectivity index is 2.10. The molecule has 3 N–H and O–H groups in total. The average Bonchev–Trinajstić information content (AvgIpc) is 2.99. The maximum Gasteiger partial charge on any atom is 0.257 e. The molecule has 2 unspecified atom stereocenters. The second-order valence-corrected chi connectivity index (χ2v) is 6.70. The zero-order valence-electron chi connectivity index (χ0n) is 11.7. The summed E-state index contributed by atoms with van der Waals surface area (Å²) in [7, 11) is -3.61. The number of nitrogens with zero attached hydrogens (tertiary/aromatic N) is 1. The molecule has 0 amide bonds. The smallest absolute Gasteiger partial charge is 0.257 e. The van der Waals surface area contributed by atoms with Crippen molar-refractivity contribution in [3.8, 4) is 0 Å². The lowest BCUT2D eigenvalue weighted by Crippen LogP contribution is -2.30. The Bertz CT molecular complexity index is 639. The van der Waals surface area contributed by atoms with Gasteiger partial charge in [-0.1, -0.05) is 30.3 Å². The molecule has 1 heterocycles. The van der Waals surface area contributed by atoms with E-state index in [2.05, 4.69) is 14.7 Å².